The molecule has 2 aromatic carbocycles. The SMILES string of the molecule is C=CC(=O)Nc1ccc(OC)c(NC2NCNC(Nc3ccccc3P(C)(C)=O)N2CCC)c1. The van der Waals surface area contributed by atoms with Gasteiger partial charge in [-0.2, -0.15) is 0 Å². The van der Waals surface area contributed by atoms with Crippen LogP contribution < -0.4 is 36.6 Å². The second kappa shape index (κ2) is 11.5. The van der Waals surface area contributed by atoms with Gasteiger partial charge in [0.2, 0.25) is 5.91 Å². The van der Waals surface area contributed by atoms with Crippen LogP contribution in [0, 0.1) is 0 Å². The van der Waals surface area contributed by atoms with Gasteiger partial charge in [0.15, 0.2) is 0 Å². The highest BCUT2D eigenvalue weighted by molar-refractivity contribution is 7.70. The van der Waals surface area contributed by atoms with E-state index in [1.165, 1.54) is 6.08 Å². The second-order valence-electron chi connectivity index (χ2n) is 8.39. The highest BCUT2D eigenvalue weighted by Gasteiger charge is 2.31. The molecular weight excluding hydrogens is 451 g/mol. The van der Waals surface area contributed by atoms with Gasteiger partial charge in [0.05, 0.1) is 19.5 Å². The molecule has 5 N–H and O–H groups in total. The number of hydrogen-bond donors (Lipinski definition) is 5. The Hall–Kier alpha value is -2.84. The molecule has 3 rings (SSSR count). The third-order valence-electron chi connectivity index (χ3n) is 5.46. The minimum atomic E-state index is -2.46. The summed E-state index contributed by atoms with van der Waals surface area (Å²) >= 11 is 0. The van der Waals surface area contributed by atoms with Crippen molar-refractivity contribution in [2.45, 2.75) is 25.9 Å². The number of benzene rings is 2. The topological polar surface area (TPSA) is 107 Å². The minimum Gasteiger partial charge on any atom is -0.495 e. The highest BCUT2D eigenvalue weighted by Crippen LogP contribution is 2.37. The first kappa shape index (κ1) is 25.8. The standard InChI is InChI=1S/C24H35N6O3P/c1-6-14-30-23(28-18-10-8-9-11-21(18)34(4,5)32)25-16-26-24(30)29-19-15-17(27-22(31)7-2)12-13-20(19)33-3/h7-13,15,23-26,28-29H,2,6,14,16H2,1,3-5H3,(H,27,31). The van der Waals surface area contributed by atoms with Crippen molar-refractivity contribution in [2.24, 2.45) is 0 Å². The molecule has 10 heteroatoms. The summed E-state index contributed by atoms with van der Waals surface area (Å²) in [6.45, 7) is 10.5. The molecule has 1 aliphatic rings. The second-order valence-corrected chi connectivity index (χ2v) is 11.6. The molecule has 184 valence electrons. The van der Waals surface area contributed by atoms with Gasteiger partial charge in [0.25, 0.3) is 0 Å². The Balaban J connectivity index is 1.86. The quantitative estimate of drug-likeness (QED) is 0.258. The van der Waals surface area contributed by atoms with Crippen LogP contribution in [0.3, 0.4) is 0 Å². The fraction of sp³-hybridized carbons (Fsp3) is 0.375. The van der Waals surface area contributed by atoms with Crippen LogP contribution in [0.15, 0.2) is 55.1 Å². The van der Waals surface area contributed by atoms with Crippen molar-refractivity contribution >= 4 is 35.4 Å². The molecule has 0 bridgehead atoms. The Kier molecular flexibility index (Phi) is 8.74. The molecular formula is C24H35N6O3P. The third-order valence-corrected chi connectivity index (χ3v) is 7.01. The number of anilines is 3. The van der Waals surface area contributed by atoms with Gasteiger partial charge in [-0.15, -0.1) is 0 Å². The van der Waals surface area contributed by atoms with Crippen LogP contribution in [-0.2, 0) is 9.36 Å². The third kappa shape index (κ3) is 6.39. The molecule has 1 aliphatic heterocycles. The molecule has 1 fully saturated rings. The van der Waals surface area contributed by atoms with Crippen LogP contribution in [0.2, 0.25) is 0 Å². The van der Waals surface area contributed by atoms with Crippen molar-refractivity contribution in [1.29, 1.82) is 0 Å². The van der Waals surface area contributed by atoms with E-state index in [1.54, 1.807) is 32.6 Å². The Labute approximate surface area is 201 Å². The normalized spacial score (nSPS) is 18.7. The summed E-state index contributed by atoms with van der Waals surface area (Å²) in [7, 11) is -0.849. The van der Waals surface area contributed by atoms with E-state index in [4.69, 9.17) is 4.74 Å². The van der Waals surface area contributed by atoms with E-state index in [2.05, 4.69) is 45.0 Å². The molecule has 2 atom stereocenters. The summed E-state index contributed by atoms with van der Waals surface area (Å²) in [6, 6.07) is 13.1. The van der Waals surface area contributed by atoms with E-state index < -0.39 is 7.14 Å². The van der Waals surface area contributed by atoms with Gasteiger partial charge in [-0.25, -0.2) is 4.90 Å². The Morgan fingerprint density at radius 1 is 1.18 bits per heavy atom. The molecule has 34 heavy (non-hydrogen) atoms. The number of amides is 1. The average Bonchev–Trinajstić information content (AvgIpc) is 2.81. The molecule has 2 aromatic rings. The number of carbonyl (C=O) groups excluding carboxylic acids is 1. The van der Waals surface area contributed by atoms with Crippen LogP contribution in [0.25, 0.3) is 0 Å². The lowest BCUT2D eigenvalue weighted by molar-refractivity contribution is -0.111. The minimum absolute atomic E-state index is 0.207. The van der Waals surface area contributed by atoms with Crippen LogP contribution >= 0.6 is 7.14 Å². The zero-order valence-corrected chi connectivity index (χ0v) is 21.1. The number of carbonyl (C=O) groups is 1. The van der Waals surface area contributed by atoms with Gasteiger partial charge < -0.3 is 25.3 Å². The molecule has 0 aliphatic carbocycles. The van der Waals surface area contributed by atoms with E-state index in [0.717, 1.165) is 29.6 Å². The van der Waals surface area contributed by atoms with Crippen molar-refractivity contribution in [3.05, 3.63) is 55.1 Å². The van der Waals surface area contributed by atoms with E-state index in [0.29, 0.717) is 18.1 Å². The maximum atomic E-state index is 12.8. The summed E-state index contributed by atoms with van der Waals surface area (Å²) < 4.78 is 18.4. The summed E-state index contributed by atoms with van der Waals surface area (Å²) in [5.41, 5.74) is 2.21. The van der Waals surface area contributed by atoms with Crippen molar-refractivity contribution in [2.75, 3.05) is 49.6 Å². The van der Waals surface area contributed by atoms with Crippen molar-refractivity contribution in [1.82, 2.24) is 15.5 Å². The zero-order valence-electron chi connectivity index (χ0n) is 20.2. The summed E-state index contributed by atoms with van der Waals surface area (Å²) in [5, 5.41) is 17.5. The highest BCUT2D eigenvalue weighted by atomic mass is 31.2. The van der Waals surface area contributed by atoms with Gasteiger partial charge in [-0.05, 0) is 56.2 Å². The van der Waals surface area contributed by atoms with Gasteiger partial charge in [0.1, 0.15) is 25.5 Å². The molecule has 0 saturated carbocycles. The molecule has 1 saturated heterocycles. The predicted octanol–water partition coefficient (Wildman–Crippen LogP) is 3.02. The lowest BCUT2D eigenvalue weighted by Crippen LogP contribution is -2.68. The zero-order chi connectivity index (χ0) is 24.7. The Morgan fingerprint density at radius 2 is 1.85 bits per heavy atom. The molecule has 0 aromatic heterocycles. The average molecular weight is 487 g/mol. The first-order chi connectivity index (χ1) is 16.3. The van der Waals surface area contributed by atoms with Gasteiger partial charge >= 0.3 is 0 Å². The molecule has 1 amide bonds. The largest absolute Gasteiger partial charge is 0.495 e. The number of nitrogens with one attached hydrogen (secondary N) is 5. The molecule has 0 radical (unpaired) electrons. The van der Waals surface area contributed by atoms with Crippen LogP contribution in [0.1, 0.15) is 13.3 Å². The maximum absolute atomic E-state index is 12.8. The van der Waals surface area contributed by atoms with Crippen molar-refractivity contribution in [3.63, 3.8) is 0 Å². The number of rotatable bonds is 10. The van der Waals surface area contributed by atoms with Crippen LogP contribution in [0.4, 0.5) is 17.1 Å². The lowest BCUT2D eigenvalue weighted by Gasteiger charge is -2.44. The van der Waals surface area contributed by atoms with Crippen LogP contribution in [-0.4, -0.2) is 57.0 Å². The molecule has 0 spiro atoms. The fourth-order valence-electron chi connectivity index (χ4n) is 3.87. The fourth-order valence-corrected chi connectivity index (χ4v) is 5.04. The smallest absolute Gasteiger partial charge is 0.247 e. The van der Waals surface area contributed by atoms with E-state index in [9.17, 15) is 9.36 Å². The number of nitrogens with zero attached hydrogens (tertiary/aromatic N) is 1. The van der Waals surface area contributed by atoms with E-state index in [1.807, 2.05) is 30.3 Å². The lowest BCUT2D eigenvalue weighted by atomic mass is 10.2. The molecule has 9 nitrogen and oxygen atoms in total. The molecule has 1 heterocycles. The van der Waals surface area contributed by atoms with E-state index in [-0.39, 0.29) is 18.5 Å². The summed E-state index contributed by atoms with van der Waals surface area (Å²) in [6.07, 6.45) is 1.71. The Bertz CT molecular complexity index is 1060. The first-order valence-electron chi connectivity index (χ1n) is 11.3. The van der Waals surface area contributed by atoms with Gasteiger partial charge in [0, 0.05) is 23.2 Å². The molecule has 2 unspecified atom stereocenters. The number of para-hydroxylation sites is 1. The number of hydrogen-bond acceptors (Lipinski definition) is 8. The first-order valence-corrected chi connectivity index (χ1v) is 13.9. The van der Waals surface area contributed by atoms with Crippen molar-refractivity contribution < 1.29 is 14.1 Å². The van der Waals surface area contributed by atoms with Crippen molar-refractivity contribution in [3.8, 4) is 5.75 Å². The van der Waals surface area contributed by atoms with Crippen LogP contribution in [0.5, 0.6) is 5.75 Å². The number of ether oxygens (including phenoxy) is 1. The summed E-state index contributed by atoms with van der Waals surface area (Å²) in [4.78, 5) is 14.0. The maximum Gasteiger partial charge on any atom is 0.247 e. The summed E-state index contributed by atoms with van der Waals surface area (Å²) in [5.74, 6) is 0.372. The van der Waals surface area contributed by atoms with Gasteiger partial charge in [-0.3, -0.25) is 15.4 Å². The predicted molar refractivity (Wildman–Crippen MR) is 140 cm³/mol. The van der Waals surface area contributed by atoms with E-state index >= 15 is 0 Å². The number of methoxy groups -OCH3 is 1. The monoisotopic (exact) mass is 486 g/mol. The van der Waals surface area contributed by atoms with Gasteiger partial charge in [-0.1, -0.05) is 25.6 Å². The Morgan fingerprint density at radius 3 is 2.47 bits per heavy atom.